The first-order chi connectivity index (χ1) is 36.7. The summed E-state index contributed by atoms with van der Waals surface area (Å²) in [6, 6.07) is 66.9. The maximum absolute atomic E-state index is 2.72. The second-order valence-corrected chi connectivity index (χ2v) is 31.4. The van der Waals surface area contributed by atoms with Crippen LogP contribution in [0.1, 0.15) is 105 Å². The Kier molecular flexibility index (Phi) is 10.9. The molecule has 5 heteroatoms. The molecule has 4 heterocycles. The Bertz CT molecular complexity index is 4410. The van der Waals surface area contributed by atoms with Crippen molar-refractivity contribution in [3.63, 3.8) is 0 Å². The summed E-state index contributed by atoms with van der Waals surface area (Å²) in [5, 5.41) is 10.9. The number of hydrogen-bond acceptors (Lipinski definition) is 3. The molecule has 0 saturated heterocycles. The average molecular weight is 1150 g/mol. The first kappa shape index (κ1) is 49.1. The maximum atomic E-state index is 2.72. The van der Waals surface area contributed by atoms with Crippen LogP contribution in [0.3, 0.4) is 0 Å². The summed E-state index contributed by atoms with van der Waals surface area (Å²) >= 11 is 3.24. The predicted molar refractivity (Wildman–Crippen MR) is 343 cm³/mol. The first-order valence-electron chi connectivity index (χ1n) is 27.5. The second kappa shape index (κ2) is 17.2. The molecular weight excluding hydrogens is 1080 g/mol. The topological polar surface area (TPSA) is 3.24 Å². The van der Waals surface area contributed by atoms with E-state index < -0.39 is 20.9 Å². The molecule has 2 aromatic heterocycles. The van der Waals surface area contributed by atoms with E-state index in [0.717, 1.165) is 0 Å². The van der Waals surface area contributed by atoms with E-state index in [-0.39, 0.29) is 28.4 Å². The molecule has 0 spiro atoms. The second-order valence-electron chi connectivity index (χ2n) is 26.2. The fourth-order valence-corrected chi connectivity index (χ4v) is 19.4. The number of anilines is 3. The van der Waals surface area contributed by atoms with Gasteiger partial charge < -0.3 is 0 Å². The summed E-state index contributed by atoms with van der Waals surface area (Å²) in [6.07, 6.45) is 0. The molecule has 14 rings (SSSR count). The minimum absolute atomic E-state index is 0.00963. The molecule has 12 aromatic rings. The van der Waals surface area contributed by atoms with E-state index in [4.69, 9.17) is 0 Å². The number of nitrogens with zero attached hydrogens (tertiary/aromatic N) is 1. The molecular formula is C72H64BNS2Te. The number of benzene rings is 10. The van der Waals surface area contributed by atoms with Gasteiger partial charge in [0, 0.05) is 0 Å². The summed E-state index contributed by atoms with van der Waals surface area (Å²) < 4.78 is 8.98. The van der Waals surface area contributed by atoms with Gasteiger partial charge in [-0.1, -0.05) is 20.8 Å². The number of para-hydroxylation sites is 1. The molecule has 2 aliphatic heterocycles. The van der Waals surface area contributed by atoms with Crippen LogP contribution in [0.5, 0.6) is 0 Å². The van der Waals surface area contributed by atoms with Gasteiger partial charge in [0.05, 0.1) is 0 Å². The van der Waals surface area contributed by atoms with E-state index in [1.54, 1.807) is 12.0 Å². The molecule has 0 atom stereocenters. The number of rotatable bonds is 4. The molecule has 77 heavy (non-hydrogen) atoms. The normalized spacial score (nSPS) is 13.9. The van der Waals surface area contributed by atoms with Crippen LogP contribution in [0.15, 0.2) is 170 Å². The summed E-state index contributed by atoms with van der Waals surface area (Å²) in [4.78, 5) is 2.72. The molecule has 0 aliphatic carbocycles. The van der Waals surface area contributed by atoms with Gasteiger partial charge in [-0.25, -0.2) is 0 Å². The van der Waals surface area contributed by atoms with Crippen molar-refractivity contribution in [1.29, 1.82) is 0 Å². The summed E-state index contributed by atoms with van der Waals surface area (Å²) in [5.74, 6) is 0. The van der Waals surface area contributed by atoms with Crippen LogP contribution < -0.4 is 27.1 Å². The van der Waals surface area contributed by atoms with Crippen molar-refractivity contribution >= 4 is 142 Å². The monoisotopic (exact) mass is 1150 g/mol. The molecule has 0 fully saturated rings. The SMILES string of the molecule is CC(C)(C)c1cc2ccc3cc(C(C)(C)C)cc4c(-c5cccc(-c6cc7c8c(c6)N(c6ccccc6-c6ccccc6)c6c(sc9ccc(C(C)(C)C)cc69)B8c6sc8ccc(C(C)(C)C)cc8c6[Te]7)c5)cc(c1)c2c34. The molecule has 0 radical (unpaired) electrons. The van der Waals surface area contributed by atoms with Crippen molar-refractivity contribution in [2.24, 2.45) is 0 Å². The van der Waals surface area contributed by atoms with Crippen LogP contribution >= 0.6 is 22.7 Å². The molecule has 1 nitrogen and oxygen atoms in total. The van der Waals surface area contributed by atoms with Crippen LogP contribution in [-0.4, -0.2) is 27.6 Å². The van der Waals surface area contributed by atoms with E-state index in [9.17, 15) is 0 Å². The van der Waals surface area contributed by atoms with Crippen LogP contribution in [-0.2, 0) is 21.7 Å². The quantitative estimate of drug-likeness (QED) is 0.125. The van der Waals surface area contributed by atoms with Gasteiger partial charge >= 0.3 is 456 Å². The van der Waals surface area contributed by atoms with Gasteiger partial charge in [0.15, 0.2) is 0 Å². The fraction of sp³-hybridized carbons (Fsp3) is 0.222. The molecule has 0 N–H and O–H groups in total. The van der Waals surface area contributed by atoms with Crippen molar-refractivity contribution in [2.75, 3.05) is 4.90 Å². The van der Waals surface area contributed by atoms with Crippen molar-refractivity contribution in [3.05, 3.63) is 192 Å². The molecule has 0 saturated carbocycles. The van der Waals surface area contributed by atoms with Crippen molar-refractivity contribution in [1.82, 2.24) is 0 Å². The Hall–Kier alpha value is -6.19. The molecule has 0 amide bonds. The predicted octanol–water partition coefficient (Wildman–Crippen LogP) is 17.5. The molecule has 10 aromatic carbocycles. The standard InChI is InChI=1S/C72H64BNS2Te/c1-69(2,3)48-27-29-59-55(38-48)65-67(75-59)73-64-58(74(65)57-24-17-16-23-52(57)41-19-14-13-15-20-41)36-46(37-61(64)77-66-56-39-49(70(4,5)6)28-30-60(56)76-68(66)73)42-21-18-22-43(31-42)53-35-47-34-50(71(7,8)9)32-44-25-26-45-33-51(72(10,11)12)40-54(53)63(45)62(44)47/h13-40H,1-12H3. The molecule has 378 valence electrons. The Morgan fingerprint density at radius 2 is 0.961 bits per heavy atom. The van der Waals surface area contributed by atoms with Crippen LogP contribution in [0.25, 0.3) is 85.9 Å². The van der Waals surface area contributed by atoms with Gasteiger partial charge in [0.2, 0.25) is 0 Å². The zero-order valence-electron chi connectivity index (χ0n) is 46.4. The Morgan fingerprint density at radius 3 is 1.66 bits per heavy atom. The van der Waals surface area contributed by atoms with E-state index in [0.29, 0.717) is 0 Å². The van der Waals surface area contributed by atoms with Crippen molar-refractivity contribution < 1.29 is 0 Å². The summed E-state index contributed by atoms with van der Waals surface area (Å²) in [6.45, 7) is 28.4. The average Bonchev–Trinajstić information content (AvgIpc) is 4.06. The summed E-state index contributed by atoms with van der Waals surface area (Å²) in [7, 11) is 0. The molecule has 2 aliphatic rings. The van der Waals surface area contributed by atoms with E-state index in [2.05, 4.69) is 269 Å². The van der Waals surface area contributed by atoms with Gasteiger partial charge in [-0.05, 0) is 0 Å². The number of hydrogen-bond donors (Lipinski definition) is 0. The Morgan fingerprint density at radius 1 is 0.390 bits per heavy atom. The first-order valence-corrected chi connectivity index (χ1v) is 31.5. The Labute approximate surface area is 473 Å². The third-order valence-electron chi connectivity index (χ3n) is 16.8. The van der Waals surface area contributed by atoms with Gasteiger partial charge in [0.25, 0.3) is 0 Å². The van der Waals surface area contributed by atoms with Gasteiger partial charge in [-0.3, -0.25) is 0 Å². The van der Waals surface area contributed by atoms with E-state index in [1.165, 1.54) is 135 Å². The van der Waals surface area contributed by atoms with E-state index in [1.807, 2.05) is 11.3 Å². The van der Waals surface area contributed by atoms with Crippen LogP contribution in [0.2, 0.25) is 0 Å². The van der Waals surface area contributed by atoms with E-state index >= 15 is 0 Å². The Balaban J connectivity index is 1.06. The zero-order chi connectivity index (χ0) is 53.2. The third-order valence-corrected chi connectivity index (χ3v) is 23.1. The number of fused-ring (bicyclic) bond motifs is 8. The summed E-state index contributed by atoms with van der Waals surface area (Å²) in [5.41, 5.74) is 18.5. The van der Waals surface area contributed by atoms with Gasteiger partial charge in [-0.2, -0.15) is 0 Å². The molecule has 0 bridgehead atoms. The van der Waals surface area contributed by atoms with Crippen molar-refractivity contribution in [3.8, 4) is 33.4 Å². The van der Waals surface area contributed by atoms with Crippen molar-refractivity contribution in [2.45, 2.75) is 105 Å². The number of thiophene rings is 2. The molecule has 0 unspecified atom stereocenters. The van der Waals surface area contributed by atoms with Gasteiger partial charge in [0.1, 0.15) is 0 Å². The zero-order valence-corrected chi connectivity index (χ0v) is 50.4. The third kappa shape index (κ3) is 7.88. The minimum atomic E-state index is -0.853. The van der Waals surface area contributed by atoms with Gasteiger partial charge in [-0.15, -0.1) is 0 Å². The van der Waals surface area contributed by atoms with Crippen LogP contribution in [0, 0.1) is 0 Å². The fourth-order valence-electron chi connectivity index (χ4n) is 12.5. The van der Waals surface area contributed by atoms with Crippen LogP contribution in [0.4, 0.5) is 17.1 Å².